The van der Waals surface area contributed by atoms with E-state index in [-0.39, 0.29) is 12.1 Å². The summed E-state index contributed by atoms with van der Waals surface area (Å²) in [6, 6.07) is 12.1. The van der Waals surface area contributed by atoms with Crippen LogP contribution in [0.15, 0.2) is 47.5 Å². The molecule has 0 spiro atoms. The zero-order valence-electron chi connectivity index (χ0n) is 14.0. The largest absolute Gasteiger partial charge is 0.362 e. The van der Waals surface area contributed by atoms with Crippen LogP contribution in [0.3, 0.4) is 0 Å². The van der Waals surface area contributed by atoms with Gasteiger partial charge in [-0.05, 0) is 24.1 Å². The molecule has 126 valence electrons. The van der Waals surface area contributed by atoms with E-state index in [1.165, 1.54) is 10.5 Å². The molecule has 0 radical (unpaired) electrons. The Kier molecular flexibility index (Phi) is 5.25. The highest BCUT2D eigenvalue weighted by Crippen LogP contribution is 2.35. The molecule has 2 amide bonds. The quantitative estimate of drug-likeness (QED) is 0.896. The first-order chi connectivity index (χ1) is 11.6. The van der Waals surface area contributed by atoms with Gasteiger partial charge in [0.15, 0.2) is 0 Å². The third kappa shape index (κ3) is 3.82. The fourth-order valence-corrected chi connectivity index (χ4v) is 3.97. The second-order valence-electron chi connectivity index (χ2n) is 5.94. The SMILES string of the molecule is CN(C)c1ncccc1CNC(=O)N[C@@H]1CCSc2ccccc21. The molecule has 1 aliphatic heterocycles. The predicted octanol–water partition coefficient (Wildman–Crippen LogP) is 3.18. The van der Waals surface area contributed by atoms with Gasteiger partial charge in [-0.3, -0.25) is 0 Å². The standard InChI is InChI=1S/C18H22N4OS/c1-22(2)17-13(6-5-10-19-17)12-20-18(23)21-15-9-11-24-16-8-4-3-7-14(15)16/h3-8,10,15H,9,11-12H2,1-2H3,(H2,20,21,23)/t15-/m1/s1. The van der Waals surface area contributed by atoms with Gasteiger partial charge in [0, 0.05) is 43.0 Å². The number of pyridine rings is 1. The summed E-state index contributed by atoms with van der Waals surface area (Å²) in [6.07, 6.45) is 2.71. The van der Waals surface area contributed by atoms with Gasteiger partial charge >= 0.3 is 6.03 Å². The third-order valence-corrected chi connectivity index (χ3v) is 5.12. The predicted molar refractivity (Wildman–Crippen MR) is 98.5 cm³/mol. The monoisotopic (exact) mass is 342 g/mol. The molecular weight excluding hydrogens is 320 g/mol. The number of thioether (sulfide) groups is 1. The second-order valence-corrected chi connectivity index (χ2v) is 7.07. The van der Waals surface area contributed by atoms with Crippen LogP contribution in [-0.4, -0.2) is 30.9 Å². The minimum absolute atomic E-state index is 0.0738. The smallest absolute Gasteiger partial charge is 0.315 e. The zero-order valence-corrected chi connectivity index (χ0v) is 14.8. The van der Waals surface area contributed by atoms with E-state index < -0.39 is 0 Å². The molecule has 0 bridgehead atoms. The number of aromatic nitrogens is 1. The van der Waals surface area contributed by atoms with Crippen LogP contribution in [0.25, 0.3) is 0 Å². The van der Waals surface area contributed by atoms with Crippen molar-refractivity contribution < 1.29 is 4.79 Å². The van der Waals surface area contributed by atoms with Gasteiger partial charge in [0.05, 0.1) is 6.04 Å². The highest BCUT2D eigenvalue weighted by molar-refractivity contribution is 7.99. The Morgan fingerprint density at radius 2 is 2.12 bits per heavy atom. The van der Waals surface area contributed by atoms with Crippen LogP contribution < -0.4 is 15.5 Å². The van der Waals surface area contributed by atoms with E-state index in [0.717, 1.165) is 23.6 Å². The number of carbonyl (C=O) groups excluding carboxylic acids is 1. The van der Waals surface area contributed by atoms with Crippen molar-refractivity contribution in [2.45, 2.75) is 23.9 Å². The van der Waals surface area contributed by atoms with Crippen LogP contribution >= 0.6 is 11.8 Å². The van der Waals surface area contributed by atoms with Gasteiger partial charge in [-0.2, -0.15) is 0 Å². The Hall–Kier alpha value is -2.21. The van der Waals surface area contributed by atoms with Crippen LogP contribution in [0.4, 0.5) is 10.6 Å². The summed E-state index contributed by atoms with van der Waals surface area (Å²) >= 11 is 1.85. The van der Waals surface area contributed by atoms with Crippen LogP contribution in [0.5, 0.6) is 0 Å². The first kappa shape index (κ1) is 16.6. The maximum Gasteiger partial charge on any atom is 0.315 e. The Morgan fingerprint density at radius 1 is 1.29 bits per heavy atom. The van der Waals surface area contributed by atoms with Gasteiger partial charge < -0.3 is 15.5 Å². The number of hydrogen-bond acceptors (Lipinski definition) is 4. The van der Waals surface area contributed by atoms with Crippen LogP contribution in [0, 0.1) is 0 Å². The second kappa shape index (κ2) is 7.57. The molecule has 0 saturated heterocycles. The lowest BCUT2D eigenvalue weighted by atomic mass is 10.0. The fraction of sp³-hybridized carbons (Fsp3) is 0.333. The highest BCUT2D eigenvalue weighted by Gasteiger charge is 2.21. The number of urea groups is 1. The van der Waals surface area contributed by atoms with E-state index in [9.17, 15) is 4.79 Å². The van der Waals surface area contributed by atoms with Crippen molar-refractivity contribution in [3.05, 3.63) is 53.7 Å². The molecule has 1 aromatic carbocycles. The molecule has 0 saturated carbocycles. The Balaban J connectivity index is 1.61. The molecule has 2 aromatic rings. The number of benzene rings is 1. The molecule has 1 atom stereocenters. The van der Waals surface area contributed by atoms with E-state index >= 15 is 0 Å². The Bertz CT molecular complexity index is 720. The number of carbonyl (C=O) groups is 1. The lowest BCUT2D eigenvalue weighted by Crippen LogP contribution is -2.38. The Morgan fingerprint density at radius 3 is 2.96 bits per heavy atom. The summed E-state index contributed by atoms with van der Waals surface area (Å²) < 4.78 is 0. The molecular formula is C18H22N4OS. The maximum absolute atomic E-state index is 12.3. The van der Waals surface area contributed by atoms with E-state index in [1.54, 1.807) is 6.20 Å². The molecule has 1 aliphatic rings. The summed E-state index contributed by atoms with van der Waals surface area (Å²) in [5.41, 5.74) is 2.21. The Labute approximate surface area is 146 Å². The number of fused-ring (bicyclic) bond motifs is 1. The molecule has 3 rings (SSSR count). The number of nitrogens with zero attached hydrogens (tertiary/aromatic N) is 2. The number of rotatable bonds is 4. The van der Waals surface area contributed by atoms with Crippen molar-refractivity contribution in [2.24, 2.45) is 0 Å². The van der Waals surface area contributed by atoms with Gasteiger partial charge in [-0.25, -0.2) is 9.78 Å². The van der Waals surface area contributed by atoms with Crippen LogP contribution in [-0.2, 0) is 6.54 Å². The van der Waals surface area contributed by atoms with Crippen molar-refractivity contribution in [1.29, 1.82) is 0 Å². The first-order valence-electron chi connectivity index (χ1n) is 8.02. The van der Waals surface area contributed by atoms with Crippen molar-refractivity contribution in [1.82, 2.24) is 15.6 Å². The van der Waals surface area contributed by atoms with E-state index in [1.807, 2.05) is 55.0 Å². The third-order valence-electron chi connectivity index (χ3n) is 3.99. The van der Waals surface area contributed by atoms with Gasteiger partial charge in [0.2, 0.25) is 0 Å². The van der Waals surface area contributed by atoms with Crippen molar-refractivity contribution in [2.75, 3.05) is 24.7 Å². The van der Waals surface area contributed by atoms with Gasteiger partial charge in [0.1, 0.15) is 5.82 Å². The van der Waals surface area contributed by atoms with Crippen LogP contribution in [0.2, 0.25) is 0 Å². The van der Waals surface area contributed by atoms with Gasteiger partial charge in [-0.15, -0.1) is 11.8 Å². The summed E-state index contributed by atoms with van der Waals surface area (Å²) in [5, 5.41) is 6.05. The van der Waals surface area contributed by atoms with Crippen molar-refractivity contribution >= 4 is 23.6 Å². The zero-order chi connectivity index (χ0) is 16.9. The maximum atomic E-state index is 12.3. The summed E-state index contributed by atoms with van der Waals surface area (Å²) in [5.74, 6) is 1.90. The first-order valence-corrected chi connectivity index (χ1v) is 9.01. The van der Waals surface area contributed by atoms with Crippen molar-refractivity contribution in [3.8, 4) is 0 Å². The van der Waals surface area contributed by atoms with Gasteiger partial charge in [0.25, 0.3) is 0 Å². The summed E-state index contributed by atoms with van der Waals surface area (Å²) in [6.45, 7) is 0.455. The molecule has 5 nitrogen and oxygen atoms in total. The molecule has 24 heavy (non-hydrogen) atoms. The van der Waals surface area contributed by atoms with E-state index in [0.29, 0.717) is 6.54 Å². The highest BCUT2D eigenvalue weighted by atomic mass is 32.2. The minimum atomic E-state index is -0.143. The average molecular weight is 342 g/mol. The fourth-order valence-electron chi connectivity index (χ4n) is 2.85. The van der Waals surface area contributed by atoms with E-state index in [4.69, 9.17) is 0 Å². The van der Waals surface area contributed by atoms with Gasteiger partial charge in [-0.1, -0.05) is 24.3 Å². The number of amides is 2. The summed E-state index contributed by atoms with van der Waals surface area (Å²) in [7, 11) is 3.89. The molecule has 1 aromatic heterocycles. The molecule has 2 heterocycles. The van der Waals surface area contributed by atoms with Crippen LogP contribution in [0.1, 0.15) is 23.6 Å². The molecule has 0 aliphatic carbocycles. The van der Waals surface area contributed by atoms with Crippen molar-refractivity contribution in [3.63, 3.8) is 0 Å². The lowest BCUT2D eigenvalue weighted by molar-refractivity contribution is 0.236. The lowest BCUT2D eigenvalue weighted by Gasteiger charge is -2.26. The molecule has 6 heteroatoms. The number of hydrogen-bond donors (Lipinski definition) is 2. The topological polar surface area (TPSA) is 57.3 Å². The molecule has 0 fully saturated rings. The average Bonchev–Trinajstić information content (AvgIpc) is 2.60. The normalized spacial score (nSPS) is 16.2. The molecule has 0 unspecified atom stereocenters. The number of anilines is 1. The van der Waals surface area contributed by atoms with E-state index in [2.05, 4.69) is 27.8 Å². The number of nitrogens with one attached hydrogen (secondary N) is 2. The molecule has 2 N–H and O–H groups in total. The summed E-state index contributed by atoms with van der Waals surface area (Å²) in [4.78, 5) is 19.9. The minimum Gasteiger partial charge on any atom is -0.362 e.